The minimum Gasteiger partial charge on any atom is -0.478 e. The van der Waals surface area contributed by atoms with E-state index in [0.29, 0.717) is 5.69 Å². The normalized spacial score (nSPS) is 15.3. The van der Waals surface area contributed by atoms with Crippen LogP contribution < -0.4 is 5.32 Å². The number of aliphatic carboxylic acids is 1. The first-order chi connectivity index (χ1) is 9.65. The SMILES string of the molecule is O=C(O)/C=C/c1ccc(NC(=O)N2CCSCC2)cc1. The van der Waals surface area contributed by atoms with Gasteiger partial charge in [0.05, 0.1) is 0 Å². The summed E-state index contributed by atoms with van der Waals surface area (Å²) in [5.74, 6) is 0.976. The van der Waals surface area contributed by atoms with Crippen molar-refractivity contribution < 1.29 is 14.7 Å². The van der Waals surface area contributed by atoms with Crippen LogP contribution in [-0.2, 0) is 4.79 Å². The number of carboxylic acid groups (broad SMARTS) is 1. The molecule has 1 aromatic carbocycles. The van der Waals surface area contributed by atoms with Crippen LogP contribution in [0.2, 0.25) is 0 Å². The lowest BCUT2D eigenvalue weighted by Crippen LogP contribution is -2.40. The molecule has 106 valence electrons. The van der Waals surface area contributed by atoms with E-state index in [9.17, 15) is 9.59 Å². The van der Waals surface area contributed by atoms with Crippen molar-refractivity contribution in [3.8, 4) is 0 Å². The molecule has 20 heavy (non-hydrogen) atoms. The summed E-state index contributed by atoms with van der Waals surface area (Å²) >= 11 is 1.85. The largest absolute Gasteiger partial charge is 0.478 e. The highest BCUT2D eigenvalue weighted by Crippen LogP contribution is 2.14. The molecule has 1 fully saturated rings. The Morgan fingerprint density at radius 2 is 1.85 bits per heavy atom. The van der Waals surface area contributed by atoms with E-state index in [2.05, 4.69) is 5.32 Å². The Balaban J connectivity index is 1.92. The van der Waals surface area contributed by atoms with Gasteiger partial charge in [-0.05, 0) is 23.8 Å². The number of carbonyl (C=O) groups is 2. The number of thioether (sulfide) groups is 1. The van der Waals surface area contributed by atoms with E-state index in [1.165, 1.54) is 6.08 Å². The summed E-state index contributed by atoms with van der Waals surface area (Å²) in [6, 6.07) is 6.97. The van der Waals surface area contributed by atoms with Gasteiger partial charge in [-0.1, -0.05) is 12.1 Å². The molecule has 0 saturated carbocycles. The first-order valence-corrected chi connectivity index (χ1v) is 7.45. The lowest BCUT2D eigenvalue weighted by molar-refractivity contribution is -0.131. The lowest BCUT2D eigenvalue weighted by Gasteiger charge is -2.26. The fraction of sp³-hybridized carbons (Fsp3) is 0.286. The van der Waals surface area contributed by atoms with Crippen LogP contribution in [0.4, 0.5) is 10.5 Å². The molecule has 0 aliphatic carbocycles. The van der Waals surface area contributed by atoms with Gasteiger partial charge in [-0.3, -0.25) is 0 Å². The summed E-state index contributed by atoms with van der Waals surface area (Å²) in [5, 5.41) is 11.4. The third-order valence-corrected chi connectivity index (χ3v) is 3.82. The van der Waals surface area contributed by atoms with Crippen LogP contribution in [0, 0.1) is 0 Å². The molecule has 2 rings (SSSR count). The molecule has 6 heteroatoms. The van der Waals surface area contributed by atoms with Crippen LogP contribution in [0.15, 0.2) is 30.3 Å². The summed E-state index contributed by atoms with van der Waals surface area (Å²) in [5.41, 5.74) is 1.49. The highest BCUT2D eigenvalue weighted by molar-refractivity contribution is 7.99. The quantitative estimate of drug-likeness (QED) is 0.839. The molecule has 2 amide bonds. The predicted molar refractivity (Wildman–Crippen MR) is 81.0 cm³/mol. The van der Waals surface area contributed by atoms with E-state index >= 15 is 0 Å². The van der Waals surface area contributed by atoms with Gasteiger partial charge >= 0.3 is 12.0 Å². The number of urea groups is 1. The van der Waals surface area contributed by atoms with Crippen molar-refractivity contribution in [1.82, 2.24) is 4.90 Å². The molecule has 0 radical (unpaired) electrons. The monoisotopic (exact) mass is 292 g/mol. The first kappa shape index (κ1) is 14.5. The van der Waals surface area contributed by atoms with Gasteiger partial charge in [0, 0.05) is 36.4 Å². The summed E-state index contributed by atoms with van der Waals surface area (Å²) in [6.45, 7) is 1.55. The molecular weight excluding hydrogens is 276 g/mol. The fourth-order valence-electron chi connectivity index (χ4n) is 1.81. The summed E-state index contributed by atoms with van der Waals surface area (Å²) in [4.78, 5) is 24.2. The number of anilines is 1. The maximum atomic E-state index is 12.0. The predicted octanol–water partition coefficient (Wildman–Crippen LogP) is 2.37. The maximum absolute atomic E-state index is 12.0. The summed E-state index contributed by atoms with van der Waals surface area (Å²) < 4.78 is 0. The second-order valence-electron chi connectivity index (χ2n) is 4.32. The van der Waals surface area contributed by atoms with Gasteiger partial charge in [0.15, 0.2) is 0 Å². The molecule has 5 nitrogen and oxygen atoms in total. The minimum absolute atomic E-state index is 0.0841. The van der Waals surface area contributed by atoms with E-state index in [1.54, 1.807) is 29.2 Å². The van der Waals surface area contributed by atoms with E-state index in [-0.39, 0.29) is 6.03 Å². The Labute approximate surface area is 121 Å². The third kappa shape index (κ3) is 4.31. The third-order valence-electron chi connectivity index (χ3n) is 2.88. The molecule has 0 aromatic heterocycles. The van der Waals surface area contributed by atoms with Crippen LogP contribution in [0.5, 0.6) is 0 Å². The zero-order valence-electron chi connectivity index (χ0n) is 10.9. The molecular formula is C14H16N2O3S. The van der Waals surface area contributed by atoms with Crippen molar-refractivity contribution in [3.05, 3.63) is 35.9 Å². The average molecular weight is 292 g/mol. The number of carbonyl (C=O) groups excluding carboxylic acids is 1. The van der Waals surface area contributed by atoms with Crippen LogP contribution in [0.1, 0.15) is 5.56 Å². The number of nitrogens with one attached hydrogen (secondary N) is 1. The Hall–Kier alpha value is -1.95. The van der Waals surface area contributed by atoms with E-state index in [0.717, 1.165) is 36.2 Å². The second-order valence-corrected chi connectivity index (χ2v) is 5.55. The molecule has 0 spiro atoms. The Bertz CT molecular complexity index is 508. The first-order valence-electron chi connectivity index (χ1n) is 6.30. The van der Waals surface area contributed by atoms with Gasteiger partial charge in [-0.25, -0.2) is 9.59 Å². The zero-order chi connectivity index (χ0) is 14.4. The van der Waals surface area contributed by atoms with Crippen LogP contribution in [0.3, 0.4) is 0 Å². The number of carboxylic acids is 1. The standard InChI is InChI=1S/C14H16N2O3S/c17-13(18)6-3-11-1-4-12(5-2-11)15-14(19)16-7-9-20-10-8-16/h1-6H,7-10H2,(H,15,19)(H,17,18)/b6-3+. The van der Waals surface area contributed by atoms with Crippen molar-refractivity contribution in [1.29, 1.82) is 0 Å². The van der Waals surface area contributed by atoms with Gasteiger partial charge in [0.25, 0.3) is 0 Å². The minimum atomic E-state index is -0.981. The molecule has 1 heterocycles. The topological polar surface area (TPSA) is 69.6 Å². The lowest BCUT2D eigenvalue weighted by atomic mass is 10.2. The maximum Gasteiger partial charge on any atom is 0.328 e. The van der Waals surface area contributed by atoms with Crippen molar-refractivity contribution in [2.45, 2.75) is 0 Å². The van der Waals surface area contributed by atoms with Gasteiger partial charge in [0.2, 0.25) is 0 Å². The number of amides is 2. The smallest absolute Gasteiger partial charge is 0.328 e. The van der Waals surface area contributed by atoms with Crippen molar-refractivity contribution in [2.24, 2.45) is 0 Å². The molecule has 0 atom stereocenters. The highest BCUT2D eigenvalue weighted by Gasteiger charge is 2.16. The van der Waals surface area contributed by atoms with Gasteiger partial charge in [-0.2, -0.15) is 11.8 Å². The summed E-state index contributed by atoms with van der Waals surface area (Å²) in [7, 11) is 0. The molecule has 1 saturated heterocycles. The zero-order valence-corrected chi connectivity index (χ0v) is 11.7. The molecule has 0 bridgehead atoms. The number of hydrogen-bond donors (Lipinski definition) is 2. The Kier molecular flexibility index (Phi) is 5.06. The van der Waals surface area contributed by atoms with E-state index < -0.39 is 5.97 Å². The molecule has 1 aliphatic heterocycles. The van der Waals surface area contributed by atoms with E-state index in [4.69, 9.17) is 5.11 Å². The van der Waals surface area contributed by atoms with Crippen molar-refractivity contribution >= 4 is 35.5 Å². The number of rotatable bonds is 3. The Morgan fingerprint density at radius 3 is 2.45 bits per heavy atom. The van der Waals surface area contributed by atoms with Crippen LogP contribution >= 0.6 is 11.8 Å². The van der Waals surface area contributed by atoms with Crippen molar-refractivity contribution in [3.63, 3.8) is 0 Å². The van der Waals surface area contributed by atoms with Gasteiger partial charge < -0.3 is 15.3 Å². The molecule has 1 aliphatic rings. The summed E-state index contributed by atoms with van der Waals surface area (Å²) in [6.07, 6.45) is 2.59. The van der Waals surface area contributed by atoms with Crippen LogP contribution in [-0.4, -0.2) is 46.6 Å². The second kappa shape index (κ2) is 7.00. The van der Waals surface area contributed by atoms with E-state index in [1.807, 2.05) is 11.8 Å². The molecule has 0 unspecified atom stereocenters. The molecule has 2 N–H and O–H groups in total. The highest BCUT2D eigenvalue weighted by atomic mass is 32.2. The number of benzene rings is 1. The number of nitrogens with zero attached hydrogens (tertiary/aromatic N) is 1. The van der Waals surface area contributed by atoms with Crippen LogP contribution in [0.25, 0.3) is 6.08 Å². The Morgan fingerprint density at radius 1 is 1.20 bits per heavy atom. The van der Waals surface area contributed by atoms with Gasteiger partial charge in [0.1, 0.15) is 0 Å². The number of hydrogen-bond acceptors (Lipinski definition) is 3. The van der Waals surface area contributed by atoms with Gasteiger partial charge in [-0.15, -0.1) is 0 Å². The average Bonchev–Trinajstić information content (AvgIpc) is 2.47. The fourth-order valence-corrected chi connectivity index (χ4v) is 2.72. The molecule has 1 aromatic rings. The van der Waals surface area contributed by atoms with Crippen molar-refractivity contribution in [2.75, 3.05) is 29.9 Å².